The molecule has 0 bridgehead atoms. The minimum Gasteiger partial charge on any atom is -0.284 e. The molecule has 0 nitrogen and oxygen atoms in total. The molecule has 0 unspecified atom stereocenters. The average molecular weight is 1100 g/mol. The topological polar surface area (TPSA) is 0 Å². The van der Waals surface area contributed by atoms with Gasteiger partial charge in [-0.1, -0.05) is 0 Å². The van der Waals surface area contributed by atoms with E-state index >= 15 is 0 Å². The fraction of sp³-hybridized carbons (Fsp3) is 0. The van der Waals surface area contributed by atoms with Crippen molar-refractivity contribution in [2.24, 2.45) is 0 Å². The molecular weight excluding hydrogens is 1090 g/mol. The lowest BCUT2D eigenvalue weighted by Crippen LogP contribution is -1.57. The van der Waals surface area contributed by atoms with Gasteiger partial charge in [0.05, 0.1) is 0 Å². The largest absolute Gasteiger partial charge is 0.284 e. The lowest BCUT2D eigenvalue weighted by Gasteiger charge is -1.64. The van der Waals surface area contributed by atoms with Gasteiger partial charge in [0, 0.05) is 414 Å². The van der Waals surface area contributed by atoms with Crippen molar-refractivity contribution < 1.29 is 0 Å². The first kappa shape index (κ1) is 71.1. The molecule has 0 spiro atoms. The van der Waals surface area contributed by atoms with Gasteiger partial charge in [0.1, 0.15) is 0 Å². The van der Waals surface area contributed by atoms with E-state index in [1.54, 1.807) is 0 Å². The monoisotopic (exact) mass is 1100 g/mol. The second-order valence-corrected chi connectivity index (χ2v) is 11.2. The van der Waals surface area contributed by atoms with Crippen LogP contribution in [-0.2, 0) is 0 Å². The van der Waals surface area contributed by atoms with Crippen LogP contribution in [-0.4, -0.2) is 0 Å². The maximum atomic E-state index is 4.95. The van der Waals surface area contributed by atoms with Crippen LogP contribution in [0.15, 0.2) is 0 Å². The Morgan fingerprint density at radius 2 is 0.143 bits per heavy atom. The molecule has 0 aromatic heterocycles. The van der Waals surface area contributed by atoms with Crippen LogP contribution in [0.25, 0.3) is 0 Å². The molecule has 0 atom stereocenters. The first-order chi connectivity index (χ1) is 45.4. The molecule has 0 aliphatic rings. The Bertz CT molecular complexity index is 6320. The van der Waals surface area contributed by atoms with Crippen molar-refractivity contribution in [2.75, 3.05) is 0 Å². The smallest absolute Gasteiger partial charge is 0 e. The first-order valence-electron chi connectivity index (χ1n) is 22.6. The summed E-state index contributed by atoms with van der Waals surface area (Å²) in [6.07, 6.45) is 4.95. The van der Waals surface area contributed by atoms with Crippen LogP contribution in [0.4, 0.5) is 0 Å². The third kappa shape index (κ3) is 70.1. The van der Waals surface area contributed by atoms with Crippen LogP contribution in [0.2, 0.25) is 0 Å². The Morgan fingerprint density at radius 1 is 0.0879 bits per heavy atom. The summed E-state index contributed by atoms with van der Waals surface area (Å²) < 4.78 is 0. The van der Waals surface area contributed by atoms with E-state index in [0.717, 1.165) is 0 Å². The molecule has 0 amide bonds. The number of terminal acetylenes is 1. The highest BCUT2D eigenvalue weighted by atomic mass is 13.7. The molecule has 0 rings (SSSR count). The minimum absolute atomic E-state index is 2.12. The van der Waals surface area contributed by atoms with E-state index in [-0.39, 0.29) is 0 Å². The van der Waals surface area contributed by atoms with Crippen molar-refractivity contribution in [3.63, 3.8) is 0 Å². The van der Waals surface area contributed by atoms with E-state index in [1.165, 1.54) is 0 Å². The molecule has 0 aromatic rings. The standard InChI is InChI=1S/C91H3/c1-3-5-7-9-11-13-15-17-19-21-23-25-27-29-31-33-35-37-39-41-43-45-47-49-51-53-55-57-59-61-63-65-67-69-71-73-75-77-79-81-83-85-87-89-91-90-88-86-84-82-80-78-76-74-72-70-68-66-64-62-60-58-56-54-52-50-48-46-44-42-40-38-36-34-32-30-28-26-24-22-20-18-16-14-12-10-8-6-4-2/h1H,2H2/q-1. The van der Waals surface area contributed by atoms with E-state index in [1.807, 2.05) is 0 Å². The number of hydrogen-bond acceptors (Lipinski definition) is 0. The fourth-order valence-electron chi connectivity index (χ4n) is 2.74. The highest BCUT2D eigenvalue weighted by Crippen LogP contribution is 1.66. The summed E-state index contributed by atoms with van der Waals surface area (Å²) in [4.78, 5) is 0. The first-order valence-corrected chi connectivity index (χ1v) is 22.6. The highest BCUT2D eigenvalue weighted by Gasteiger charge is 1.66. The van der Waals surface area contributed by atoms with Crippen LogP contribution in [0.1, 0.15) is 0 Å². The Hall–Kier alpha value is -19.9. The van der Waals surface area contributed by atoms with E-state index in [4.69, 9.17) is 6.42 Å². The highest BCUT2D eigenvalue weighted by molar-refractivity contribution is 5.55. The summed E-state index contributed by atoms with van der Waals surface area (Å²) in [5, 5.41) is 0. The summed E-state index contributed by atoms with van der Waals surface area (Å²) in [7, 11) is 0. The van der Waals surface area contributed by atoms with Gasteiger partial charge >= 0.3 is 0 Å². The van der Waals surface area contributed by atoms with Gasteiger partial charge in [0.2, 0.25) is 0 Å². The van der Waals surface area contributed by atoms with Crippen LogP contribution >= 0.6 is 0 Å². The second kappa shape index (κ2) is 70.1. The maximum Gasteiger partial charge on any atom is 0 e. The maximum absolute atomic E-state index is 4.95. The lowest BCUT2D eigenvalue weighted by atomic mass is 10.4. The molecular formula is C91H3-. The minimum atomic E-state index is 2.12. The second-order valence-electron chi connectivity index (χ2n) is 11.2. The predicted octanol–water partition coefficient (Wildman–Crippen LogP) is 0.603. The van der Waals surface area contributed by atoms with Gasteiger partial charge < -0.3 is 0 Å². The van der Waals surface area contributed by atoms with Crippen LogP contribution < -0.4 is 0 Å². The molecule has 0 saturated heterocycles. The number of rotatable bonds is 0. The zero-order valence-corrected chi connectivity index (χ0v) is 45.8. The summed E-state index contributed by atoms with van der Waals surface area (Å²) in [6.45, 7) is 3.32. The summed E-state index contributed by atoms with van der Waals surface area (Å²) in [5.74, 6) is 221. The molecule has 91 heavy (non-hydrogen) atoms. The Balaban J connectivity index is 4.63. The van der Waals surface area contributed by atoms with Crippen molar-refractivity contribution in [2.45, 2.75) is 0 Å². The zero-order valence-electron chi connectivity index (χ0n) is 45.8. The predicted molar refractivity (Wildman–Crippen MR) is 356 cm³/mol. The molecule has 368 valence electrons. The molecule has 0 fully saturated rings. The Kier molecular flexibility index (Phi) is 54.7. The molecule has 0 aliphatic carbocycles. The normalized spacial score (nSPS) is 3.95. The lowest BCUT2D eigenvalue weighted by molar-refractivity contribution is 2.31. The fourth-order valence-corrected chi connectivity index (χ4v) is 2.74. The summed E-state index contributed by atoms with van der Waals surface area (Å²) in [6, 6.07) is 0. The van der Waals surface area contributed by atoms with Gasteiger partial charge in [-0.2, -0.15) is 6.92 Å². The van der Waals surface area contributed by atoms with Gasteiger partial charge in [-0.25, -0.2) is 5.92 Å². The summed E-state index contributed by atoms with van der Waals surface area (Å²) >= 11 is 0. The van der Waals surface area contributed by atoms with E-state index in [2.05, 4.69) is 534 Å². The third-order valence-electron chi connectivity index (χ3n) is 5.54. The van der Waals surface area contributed by atoms with Crippen molar-refractivity contribution >= 4 is 0 Å². The van der Waals surface area contributed by atoms with Gasteiger partial charge in [-0.15, -0.1) is 12.3 Å². The van der Waals surface area contributed by atoms with Gasteiger partial charge in [0.25, 0.3) is 0 Å². The SMILES string of the molecule is C#CC#CC#CC#CC#CC#CC#CC#CC#CC#CC#CC#CC#CC#CC#CC#CC#CC#CC#CC#CC#CC#CC#CC#CC#CC#CC#CC#CC#CC#CC#CC#CC#CC#CC#CC#CC#CC#CC#CC#CC#CC#CC#CC#CC#C[CH2-]. The number of hydrogen-bond donors (Lipinski definition) is 0. The molecule has 0 heterocycles. The van der Waals surface area contributed by atoms with Gasteiger partial charge in [-0.3, -0.25) is 5.92 Å². The zero-order chi connectivity index (χ0) is 64.9. The molecule has 0 saturated carbocycles. The van der Waals surface area contributed by atoms with Crippen molar-refractivity contribution in [1.82, 2.24) is 0 Å². The summed E-state index contributed by atoms with van der Waals surface area (Å²) in [5.41, 5.74) is 0. The van der Waals surface area contributed by atoms with Gasteiger partial charge in [0.15, 0.2) is 0 Å². The van der Waals surface area contributed by atoms with Crippen molar-refractivity contribution in [1.29, 1.82) is 0 Å². The van der Waals surface area contributed by atoms with E-state index in [9.17, 15) is 0 Å². The van der Waals surface area contributed by atoms with Gasteiger partial charge in [-0.05, 0) is 94.7 Å². The molecule has 0 aliphatic heterocycles. The Morgan fingerprint density at radius 3 is 0.198 bits per heavy atom. The van der Waals surface area contributed by atoms with E-state index in [0.29, 0.717) is 0 Å². The van der Waals surface area contributed by atoms with Crippen molar-refractivity contribution in [3.8, 4) is 533 Å². The van der Waals surface area contributed by atoms with Crippen molar-refractivity contribution in [3.05, 3.63) is 6.92 Å². The average Bonchev–Trinajstić information content (AvgIpc) is 3.56. The van der Waals surface area contributed by atoms with E-state index < -0.39 is 0 Å². The van der Waals surface area contributed by atoms with Crippen LogP contribution in [0, 0.1) is 540 Å². The molecule has 0 heteroatoms. The molecule has 0 radical (unpaired) electrons. The molecule has 0 N–H and O–H groups in total. The molecule has 0 aromatic carbocycles. The Labute approximate surface area is 537 Å². The van der Waals surface area contributed by atoms with Crippen LogP contribution in [0.3, 0.4) is 0 Å². The quantitative estimate of drug-likeness (QED) is 0.247. The van der Waals surface area contributed by atoms with Crippen LogP contribution in [0.5, 0.6) is 0 Å². The third-order valence-corrected chi connectivity index (χ3v) is 5.54.